The highest BCUT2D eigenvalue weighted by atomic mass is 19.1. The molecule has 0 fully saturated rings. The number of dihydropyridines is 1. The van der Waals surface area contributed by atoms with E-state index in [9.17, 15) is 4.39 Å². The minimum Gasteiger partial charge on any atom is -0.345 e. The molecule has 0 saturated heterocycles. The molecule has 0 N–H and O–H groups in total. The Bertz CT molecular complexity index is 642. The summed E-state index contributed by atoms with van der Waals surface area (Å²) in [6.45, 7) is 9.58. The fourth-order valence-electron chi connectivity index (χ4n) is 3.54. The molecule has 3 heteroatoms. The van der Waals surface area contributed by atoms with Crippen LogP contribution in [-0.4, -0.2) is 23.7 Å². The predicted molar refractivity (Wildman–Crippen MR) is 94.1 cm³/mol. The van der Waals surface area contributed by atoms with Crippen LogP contribution >= 0.6 is 0 Å². The summed E-state index contributed by atoms with van der Waals surface area (Å²) in [7, 11) is 0. The Kier molecular flexibility index (Phi) is 4.65. The number of halogens is 1. The quantitative estimate of drug-likeness (QED) is 0.760. The minimum absolute atomic E-state index is 0.181. The van der Waals surface area contributed by atoms with Crippen LogP contribution in [0.1, 0.15) is 51.0 Å². The monoisotopic (exact) mass is 312 g/mol. The Morgan fingerprint density at radius 2 is 2.13 bits per heavy atom. The van der Waals surface area contributed by atoms with Crippen molar-refractivity contribution in [2.75, 3.05) is 6.54 Å². The summed E-state index contributed by atoms with van der Waals surface area (Å²) >= 11 is 0. The van der Waals surface area contributed by atoms with E-state index in [-0.39, 0.29) is 11.9 Å². The maximum atomic E-state index is 13.1. The number of hydrogen-bond acceptors (Lipinski definition) is 2. The van der Waals surface area contributed by atoms with Crippen molar-refractivity contribution in [1.82, 2.24) is 4.90 Å². The highest BCUT2D eigenvalue weighted by molar-refractivity contribution is 5.81. The van der Waals surface area contributed by atoms with Gasteiger partial charge in [0.1, 0.15) is 5.82 Å². The molecule has 2 aliphatic heterocycles. The van der Waals surface area contributed by atoms with E-state index in [1.54, 1.807) is 0 Å². The van der Waals surface area contributed by atoms with Crippen molar-refractivity contribution < 1.29 is 4.39 Å². The van der Waals surface area contributed by atoms with Crippen LogP contribution < -0.4 is 0 Å². The fraction of sp³-hybridized carbons (Fsp3) is 0.450. The summed E-state index contributed by atoms with van der Waals surface area (Å²) in [6.07, 6.45) is 6.35. The second-order valence-electron chi connectivity index (χ2n) is 6.55. The first-order valence-corrected chi connectivity index (χ1v) is 8.56. The maximum absolute atomic E-state index is 13.1. The summed E-state index contributed by atoms with van der Waals surface area (Å²) in [5.74, 6) is 0.116. The Morgan fingerprint density at radius 3 is 2.83 bits per heavy atom. The largest absolute Gasteiger partial charge is 0.345 e. The lowest BCUT2D eigenvalue weighted by molar-refractivity contribution is 0.381. The number of benzene rings is 1. The van der Waals surface area contributed by atoms with Crippen LogP contribution in [0.3, 0.4) is 0 Å². The van der Waals surface area contributed by atoms with E-state index in [2.05, 4.69) is 25.3 Å². The first-order chi connectivity index (χ1) is 11.1. The third kappa shape index (κ3) is 3.24. The summed E-state index contributed by atoms with van der Waals surface area (Å²) in [5, 5.41) is 0. The molecule has 2 heterocycles. The van der Waals surface area contributed by atoms with Crippen LogP contribution in [-0.2, 0) is 0 Å². The molecular weight excluding hydrogens is 287 g/mol. The summed E-state index contributed by atoms with van der Waals surface area (Å²) in [6, 6.07) is 7.08. The van der Waals surface area contributed by atoms with Crippen LogP contribution in [0.25, 0.3) is 0 Å². The molecule has 3 rings (SSSR count). The van der Waals surface area contributed by atoms with Gasteiger partial charge in [-0.3, -0.25) is 4.99 Å². The Labute approximate surface area is 138 Å². The lowest BCUT2D eigenvalue weighted by atomic mass is 9.85. The van der Waals surface area contributed by atoms with Gasteiger partial charge in [0.15, 0.2) is 0 Å². The smallest absolute Gasteiger partial charge is 0.123 e. The van der Waals surface area contributed by atoms with Gasteiger partial charge in [-0.05, 0) is 49.0 Å². The topological polar surface area (TPSA) is 15.6 Å². The maximum Gasteiger partial charge on any atom is 0.123 e. The number of aliphatic imine (C=N–C) groups is 1. The van der Waals surface area contributed by atoms with Gasteiger partial charge in [-0.15, -0.1) is 0 Å². The number of hydrogen-bond donors (Lipinski definition) is 0. The predicted octanol–water partition coefficient (Wildman–Crippen LogP) is 5.05. The van der Waals surface area contributed by atoms with E-state index < -0.39 is 0 Å². The number of rotatable bonds is 4. The molecule has 2 atom stereocenters. The van der Waals surface area contributed by atoms with Crippen molar-refractivity contribution in [2.24, 2.45) is 4.99 Å². The van der Waals surface area contributed by atoms with Crippen LogP contribution in [0, 0.1) is 5.82 Å². The van der Waals surface area contributed by atoms with Crippen molar-refractivity contribution in [3.63, 3.8) is 0 Å². The molecule has 0 aromatic heterocycles. The molecule has 23 heavy (non-hydrogen) atoms. The molecule has 0 amide bonds. The third-order valence-electron chi connectivity index (χ3n) is 5.12. The highest BCUT2D eigenvalue weighted by Gasteiger charge is 2.28. The summed E-state index contributed by atoms with van der Waals surface area (Å²) in [4.78, 5) is 7.15. The third-order valence-corrected chi connectivity index (χ3v) is 5.12. The van der Waals surface area contributed by atoms with Gasteiger partial charge in [0.25, 0.3) is 0 Å². The lowest BCUT2D eigenvalue weighted by Crippen LogP contribution is -2.32. The van der Waals surface area contributed by atoms with Crippen molar-refractivity contribution in [3.05, 3.63) is 59.2 Å². The molecule has 1 aromatic rings. The van der Waals surface area contributed by atoms with E-state index in [1.165, 1.54) is 35.5 Å². The van der Waals surface area contributed by atoms with Crippen LogP contribution in [0.5, 0.6) is 0 Å². The minimum atomic E-state index is -0.181. The van der Waals surface area contributed by atoms with E-state index in [1.807, 2.05) is 18.3 Å². The van der Waals surface area contributed by atoms with Gasteiger partial charge in [0.05, 0.1) is 11.7 Å². The van der Waals surface area contributed by atoms with E-state index in [0.29, 0.717) is 5.92 Å². The Hall–Kier alpha value is -1.90. The van der Waals surface area contributed by atoms with Crippen molar-refractivity contribution >= 4 is 6.21 Å². The van der Waals surface area contributed by atoms with Crippen LogP contribution in [0.2, 0.25) is 0 Å². The average molecular weight is 312 g/mol. The van der Waals surface area contributed by atoms with Gasteiger partial charge in [0.2, 0.25) is 0 Å². The lowest BCUT2D eigenvalue weighted by Gasteiger charge is -2.37. The molecule has 2 aliphatic rings. The fourth-order valence-corrected chi connectivity index (χ4v) is 3.54. The Morgan fingerprint density at radius 1 is 1.39 bits per heavy atom. The zero-order valence-corrected chi connectivity index (χ0v) is 14.1. The zero-order valence-electron chi connectivity index (χ0n) is 14.1. The first-order valence-electron chi connectivity index (χ1n) is 8.56. The number of nitrogens with zero attached hydrogens (tertiary/aromatic N) is 2. The second-order valence-corrected chi connectivity index (χ2v) is 6.55. The zero-order chi connectivity index (χ0) is 16.4. The molecule has 0 saturated carbocycles. The molecule has 2 nitrogen and oxygen atoms in total. The molecular formula is C20H25FN2. The van der Waals surface area contributed by atoms with Gasteiger partial charge >= 0.3 is 0 Å². The molecule has 0 radical (unpaired) electrons. The SMILES string of the molecule is C=C(CC)N1CCCC2=C1C=NC(C(C)c1ccc(F)cc1)C2. The normalized spacial score (nSPS) is 22.0. The van der Waals surface area contributed by atoms with E-state index >= 15 is 0 Å². The van der Waals surface area contributed by atoms with Crippen molar-refractivity contribution in [1.29, 1.82) is 0 Å². The molecule has 1 aromatic carbocycles. The molecule has 0 bridgehead atoms. The highest BCUT2D eigenvalue weighted by Crippen LogP contribution is 2.35. The standard InChI is InChI=1S/C20H25FN2/c1-4-14(2)23-11-5-6-17-12-19(22-13-20(17)23)15(3)16-7-9-18(21)10-8-16/h7-10,13,15,19H,2,4-6,11-12H2,1,3H3. The first kappa shape index (κ1) is 16.0. The van der Waals surface area contributed by atoms with Crippen LogP contribution in [0.15, 0.2) is 52.8 Å². The van der Waals surface area contributed by atoms with Crippen LogP contribution in [0.4, 0.5) is 4.39 Å². The molecule has 0 spiro atoms. The van der Waals surface area contributed by atoms with Crippen molar-refractivity contribution in [3.8, 4) is 0 Å². The summed E-state index contributed by atoms with van der Waals surface area (Å²) < 4.78 is 13.1. The van der Waals surface area contributed by atoms with E-state index in [4.69, 9.17) is 4.99 Å². The Balaban J connectivity index is 1.78. The van der Waals surface area contributed by atoms with Gasteiger partial charge in [-0.25, -0.2) is 4.39 Å². The van der Waals surface area contributed by atoms with Crippen molar-refractivity contribution in [2.45, 2.75) is 51.5 Å². The molecule has 2 unspecified atom stereocenters. The van der Waals surface area contributed by atoms with Gasteiger partial charge in [0, 0.05) is 24.4 Å². The molecule has 122 valence electrons. The molecule has 0 aliphatic carbocycles. The average Bonchev–Trinajstić information content (AvgIpc) is 2.60. The van der Waals surface area contributed by atoms with Gasteiger partial charge in [-0.1, -0.05) is 32.6 Å². The van der Waals surface area contributed by atoms with Gasteiger partial charge in [-0.2, -0.15) is 0 Å². The number of allylic oxidation sites excluding steroid dienone is 2. The summed E-state index contributed by atoms with van der Waals surface area (Å²) in [5.41, 5.74) is 5.10. The second kappa shape index (κ2) is 6.69. The van der Waals surface area contributed by atoms with E-state index in [0.717, 1.165) is 31.4 Å². The van der Waals surface area contributed by atoms with Gasteiger partial charge < -0.3 is 4.90 Å².